The molecule has 29 heavy (non-hydrogen) atoms. The van der Waals surface area contributed by atoms with E-state index in [-0.39, 0.29) is 76.4 Å². The fraction of sp³-hybridized carbons (Fsp3) is 0.304. The molecule has 0 fully saturated rings. The summed E-state index contributed by atoms with van der Waals surface area (Å²) in [6, 6.07) is 4.62. The van der Waals surface area contributed by atoms with E-state index in [0.717, 1.165) is 11.3 Å². The number of amides is 1. The molecule has 0 unspecified atom stereocenters. The minimum atomic E-state index is -2.60. The Hall–Kier alpha value is -2.70. The summed E-state index contributed by atoms with van der Waals surface area (Å²) in [5.74, 6) is -1.05. The second-order valence-electron chi connectivity index (χ2n) is 6.28. The molecule has 0 aliphatic carbocycles. The van der Waals surface area contributed by atoms with Crippen LogP contribution in [0.4, 0.5) is 10.8 Å². The summed E-state index contributed by atoms with van der Waals surface area (Å²) in [6.07, 6.45) is -5.41. The van der Waals surface area contributed by atoms with Crippen LogP contribution in [0.2, 0.25) is 0 Å². The van der Waals surface area contributed by atoms with Crippen LogP contribution in [0.25, 0.3) is 0 Å². The standard InChI is InChI=1S/C23H27N3O2S/c1-16-5-4-7-18(13-16)21(27)8-3-2-6-17-9-11-19(12-10-17)25-22(28)14-20-15-29-23(24)26-20/h4-5,7,9-13,15,21,27H,2-3,6,8,14H2,1H3,(H2,24,26)(H,25,28)/t21-/m0/s1/i4D,5D,6D2,7D,13D,14D2,15D. The highest BCUT2D eigenvalue weighted by atomic mass is 32.1. The van der Waals surface area contributed by atoms with Crippen LogP contribution in [-0.2, 0) is 17.5 Å². The van der Waals surface area contributed by atoms with Gasteiger partial charge in [-0.05, 0) is 49.4 Å². The van der Waals surface area contributed by atoms with E-state index >= 15 is 0 Å². The number of hydrogen-bond donors (Lipinski definition) is 3. The van der Waals surface area contributed by atoms with Crippen LogP contribution in [0.15, 0.2) is 53.8 Å². The Balaban J connectivity index is 1.64. The fourth-order valence-corrected chi connectivity index (χ4v) is 2.98. The number of aliphatic hydroxyl groups is 1. The van der Waals surface area contributed by atoms with E-state index in [4.69, 9.17) is 18.1 Å². The van der Waals surface area contributed by atoms with Gasteiger partial charge in [0, 0.05) is 16.5 Å². The maximum Gasteiger partial charge on any atom is 0.230 e. The van der Waals surface area contributed by atoms with Crippen LogP contribution in [-0.4, -0.2) is 16.0 Å². The third kappa shape index (κ3) is 6.69. The molecular formula is C23H27N3O2S. The quantitative estimate of drug-likeness (QED) is 0.471. The normalized spacial score (nSPS) is 17.4. The van der Waals surface area contributed by atoms with Gasteiger partial charge in [-0.2, -0.15) is 0 Å². The van der Waals surface area contributed by atoms with Gasteiger partial charge in [0.05, 0.1) is 25.0 Å². The number of aryl methyl sites for hydroxylation is 1. The number of nitrogen functional groups attached to an aromatic ring is 1. The molecular weight excluding hydrogens is 382 g/mol. The molecule has 0 spiro atoms. The van der Waals surface area contributed by atoms with E-state index in [1.54, 1.807) is 0 Å². The van der Waals surface area contributed by atoms with Gasteiger partial charge in [0.25, 0.3) is 0 Å². The Labute approximate surface area is 188 Å². The molecule has 0 aliphatic rings. The summed E-state index contributed by atoms with van der Waals surface area (Å²) in [6.45, 7) is 1.48. The fourth-order valence-electron chi connectivity index (χ4n) is 2.55. The summed E-state index contributed by atoms with van der Waals surface area (Å²) < 4.78 is 72.5. The van der Waals surface area contributed by atoms with Crippen molar-refractivity contribution in [2.24, 2.45) is 0 Å². The second kappa shape index (κ2) is 10.2. The third-order valence-electron chi connectivity index (χ3n) is 3.93. The summed E-state index contributed by atoms with van der Waals surface area (Å²) in [5, 5.41) is 12.7. The number of carbonyl (C=O) groups is 1. The van der Waals surface area contributed by atoms with Gasteiger partial charge in [0.1, 0.15) is 0 Å². The topological polar surface area (TPSA) is 88.2 Å². The van der Waals surface area contributed by atoms with Crippen molar-refractivity contribution in [1.82, 2.24) is 4.98 Å². The van der Waals surface area contributed by atoms with Crippen LogP contribution in [0.5, 0.6) is 0 Å². The lowest BCUT2D eigenvalue weighted by atomic mass is 10.00. The van der Waals surface area contributed by atoms with Gasteiger partial charge in [-0.15, -0.1) is 11.3 Å². The van der Waals surface area contributed by atoms with E-state index < -0.39 is 24.8 Å². The number of aliphatic hydroxyl groups excluding tert-OH is 1. The van der Waals surface area contributed by atoms with Crippen LogP contribution >= 0.6 is 11.3 Å². The van der Waals surface area contributed by atoms with Crippen LogP contribution in [0.1, 0.15) is 60.1 Å². The maximum absolute atomic E-state index is 12.5. The Bertz CT molecular complexity index is 1320. The van der Waals surface area contributed by atoms with Crippen molar-refractivity contribution >= 4 is 28.1 Å². The molecule has 152 valence electrons. The lowest BCUT2D eigenvalue weighted by Crippen LogP contribution is -2.14. The maximum atomic E-state index is 12.5. The number of rotatable bonds is 9. The summed E-state index contributed by atoms with van der Waals surface area (Å²) in [4.78, 5) is 16.3. The average Bonchev–Trinajstić information content (AvgIpc) is 3.20. The lowest BCUT2D eigenvalue weighted by molar-refractivity contribution is -0.115. The van der Waals surface area contributed by atoms with Gasteiger partial charge >= 0.3 is 0 Å². The number of nitrogens with zero attached hydrogens (tertiary/aromatic N) is 1. The zero-order valence-corrected chi connectivity index (χ0v) is 16.6. The highest BCUT2D eigenvalue weighted by Crippen LogP contribution is 2.21. The zero-order chi connectivity index (χ0) is 28.6. The first-order valence-electron chi connectivity index (χ1n) is 13.5. The van der Waals surface area contributed by atoms with Crippen molar-refractivity contribution in [3.8, 4) is 0 Å². The minimum absolute atomic E-state index is 0.000248. The van der Waals surface area contributed by atoms with E-state index in [0.29, 0.717) is 5.56 Å². The van der Waals surface area contributed by atoms with Crippen molar-refractivity contribution in [3.63, 3.8) is 0 Å². The number of benzene rings is 2. The molecule has 4 N–H and O–H groups in total. The summed E-state index contributed by atoms with van der Waals surface area (Å²) in [5.41, 5.74) is 5.79. The van der Waals surface area contributed by atoms with Crippen LogP contribution < -0.4 is 11.1 Å². The molecule has 1 aromatic heterocycles. The largest absolute Gasteiger partial charge is 0.388 e. The Morgan fingerprint density at radius 3 is 2.86 bits per heavy atom. The number of hydrogen-bond acceptors (Lipinski definition) is 5. The highest BCUT2D eigenvalue weighted by Gasteiger charge is 2.08. The molecule has 0 bridgehead atoms. The van der Waals surface area contributed by atoms with Crippen molar-refractivity contribution in [2.75, 3.05) is 11.1 Å². The minimum Gasteiger partial charge on any atom is -0.388 e. The molecule has 1 atom stereocenters. The predicted molar refractivity (Wildman–Crippen MR) is 119 cm³/mol. The number of nitrogens with two attached hydrogens (primary N) is 1. The second-order valence-corrected chi connectivity index (χ2v) is 7.11. The zero-order valence-electron chi connectivity index (χ0n) is 24.8. The molecule has 2 aromatic carbocycles. The number of thiazole rings is 1. The molecule has 6 heteroatoms. The Kier molecular flexibility index (Phi) is 4.25. The molecule has 0 aliphatic heterocycles. The molecule has 1 heterocycles. The van der Waals surface area contributed by atoms with E-state index in [1.165, 1.54) is 31.2 Å². The highest BCUT2D eigenvalue weighted by molar-refractivity contribution is 7.13. The Morgan fingerprint density at radius 2 is 2.14 bits per heavy atom. The molecule has 3 rings (SSSR count). The molecule has 1 amide bonds. The predicted octanol–water partition coefficient (Wildman–Crippen LogP) is 4.66. The lowest BCUT2D eigenvalue weighted by Gasteiger charge is -2.11. The monoisotopic (exact) mass is 418 g/mol. The van der Waals surface area contributed by atoms with Crippen molar-refractivity contribution in [2.45, 2.75) is 45.0 Å². The molecule has 3 aromatic rings. The molecule has 0 radical (unpaired) electrons. The van der Waals surface area contributed by atoms with Gasteiger partial charge in [-0.3, -0.25) is 4.79 Å². The first-order chi connectivity index (χ1) is 17.6. The first kappa shape index (κ1) is 12.1. The van der Waals surface area contributed by atoms with Gasteiger partial charge in [0.2, 0.25) is 5.91 Å². The summed E-state index contributed by atoms with van der Waals surface area (Å²) >= 11 is 0.756. The van der Waals surface area contributed by atoms with Gasteiger partial charge in [0.15, 0.2) is 5.13 Å². The number of carbonyl (C=O) groups excluding carboxylic acids is 1. The molecule has 0 saturated carbocycles. The van der Waals surface area contributed by atoms with Gasteiger partial charge in [-0.25, -0.2) is 4.98 Å². The third-order valence-corrected chi connectivity index (χ3v) is 4.53. The SMILES string of the molecule is [2H]c1sc(N)nc1C([2H])([2H])C(=O)Nc1ccc(C([2H])([2H])CCC[C@H](O)c2c([2H])c([2H])c([2H])c(C)c2[2H])cc1. The van der Waals surface area contributed by atoms with E-state index in [9.17, 15) is 9.90 Å². The number of nitrogens with one attached hydrogen (secondary N) is 1. The van der Waals surface area contributed by atoms with Crippen molar-refractivity contribution in [1.29, 1.82) is 0 Å². The van der Waals surface area contributed by atoms with Crippen molar-refractivity contribution in [3.05, 3.63) is 76.2 Å². The smallest absolute Gasteiger partial charge is 0.230 e. The van der Waals surface area contributed by atoms with Crippen LogP contribution in [0, 0.1) is 6.92 Å². The van der Waals surface area contributed by atoms with Crippen molar-refractivity contribution < 1.29 is 22.2 Å². The van der Waals surface area contributed by atoms with E-state index in [2.05, 4.69) is 10.3 Å². The van der Waals surface area contributed by atoms with Gasteiger partial charge in [-0.1, -0.05) is 48.3 Å². The molecule has 0 saturated heterocycles. The van der Waals surface area contributed by atoms with Gasteiger partial charge < -0.3 is 16.2 Å². The number of aromatic nitrogens is 1. The van der Waals surface area contributed by atoms with E-state index in [1.807, 2.05) is 0 Å². The number of anilines is 2. The molecule has 5 nitrogen and oxygen atoms in total. The van der Waals surface area contributed by atoms with Crippen LogP contribution in [0.3, 0.4) is 0 Å². The summed E-state index contributed by atoms with van der Waals surface area (Å²) in [7, 11) is 0. The first-order valence-corrected chi connectivity index (χ1v) is 9.79. The average molecular weight is 419 g/mol. The Morgan fingerprint density at radius 1 is 1.34 bits per heavy atom.